The first kappa shape index (κ1) is 17.0. The molecule has 0 radical (unpaired) electrons. The second kappa shape index (κ2) is 8.32. The number of likely N-dealkylation sites (tertiary alicyclic amines) is 1. The van der Waals surface area contributed by atoms with Crippen molar-refractivity contribution in [2.45, 2.75) is 13.3 Å². The summed E-state index contributed by atoms with van der Waals surface area (Å²) in [6, 6.07) is 5.26. The molecule has 5 heteroatoms. The molecule has 0 bridgehead atoms. The van der Waals surface area contributed by atoms with Crippen LogP contribution >= 0.6 is 0 Å². The van der Waals surface area contributed by atoms with Crippen molar-refractivity contribution in [3.63, 3.8) is 0 Å². The Hall–Kier alpha value is -2.01. The summed E-state index contributed by atoms with van der Waals surface area (Å²) in [5.74, 6) is 0.709. The lowest BCUT2D eigenvalue weighted by Crippen LogP contribution is -2.25. The van der Waals surface area contributed by atoms with Gasteiger partial charge in [0.15, 0.2) is 0 Å². The van der Waals surface area contributed by atoms with Gasteiger partial charge in [-0.05, 0) is 39.1 Å². The Labute approximate surface area is 126 Å². The molecule has 0 saturated carbocycles. The fraction of sp³-hybridized carbons (Fsp3) is 0.438. The molecule has 0 spiro atoms. The first-order chi connectivity index (χ1) is 10.0. The molecule has 21 heavy (non-hydrogen) atoms. The Balaban J connectivity index is 0.000000677. The number of ether oxygens (including phenoxy) is 1. The molecule has 1 aromatic carbocycles. The van der Waals surface area contributed by atoms with Crippen LogP contribution in [0.15, 0.2) is 30.9 Å². The maximum absolute atomic E-state index is 12.0. The second-order valence-electron chi connectivity index (χ2n) is 5.10. The molecule has 1 saturated heterocycles. The lowest BCUT2D eigenvalue weighted by atomic mass is 10.1. The van der Waals surface area contributed by atoms with E-state index >= 15 is 0 Å². The zero-order chi connectivity index (χ0) is 15.8. The monoisotopic (exact) mass is 291 g/mol. The van der Waals surface area contributed by atoms with Gasteiger partial charge in [-0.25, -0.2) is 0 Å². The maximum Gasteiger partial charge on any atom is 0.228 e. The topological polar surface area (TPSA) is 67.6 Å². The van der Waals surface area contributed by atoms with Crippen molar-refractivity contribution in [3.8, 4) is 5.75 Å². The molecule has 0 aromatic heterocycles. The Morgan fingerprint density at radius 1 is 1.57 bits per heavy atom. The van der Waals surface area contributed by atoms with E-state index in [1.807, 2.05) is 14.0 Å². The number of rotatable bonds is 3. The van der Waals surface area contributed by atoms with Gasteiger partial charge < -0.3 is 20.7 Å². The summed E-state index contributed by atoms with van der Waals surface area (Å²) in [6.07, 6.45) is 2.66. The SMILES string of the molecule is C=CC.COc1cc(NC(=O)C2CCN(C)C2)ccc1N. The van der Waals surface area contributed by atoms with Gasteiger partial charge in [0, 0.05) is 18.3 Å². The maximum atomic E-state index is 12.0. The van der Waals surface area contributed by atoms with Crippen LogP contribution in [0.2, 0.25) is 0 Å². The molecule has 1 unspecified atom stereocenters. The third kappa shape index (κ3) is 5.11. The number of amides is 1. The number of nitrogens with zero attached hydrogens (tertiary/aromatic N) is 1. The van der Waals surface area contributed by atoms with Gasteiger partial charge >= 0.3 is 0 Å². The quantitative estimate of drug-likeness (QED) is 0.662. The lowest BCUT2D eigenvalue weighted by molar-refractivity contribution is -0.119. The van der Waals surface area contributed by atoms with Crippen LogP contribution in [0, 0.1) is 5.92 Å². The van der Waals surface area contributed by atoms with Crippen LogP contribution in [0.4, 0.5) is 11.4 Å². The summed E-state index contributed by atoms with van der Waals surface area (Å²) in [5, 5.41) is 2.91. The first-order valence-electron chi connectivity index (χ1n) is 7.01. The van der Waals surface area contributed by atoms with Gasteiger partial charge in [-0.3, -0.25) is 4.79 Å². The van der Waals surface area contributed by atoms with Crippen LogP contribution in [0.5, 0.6) is 5.75 Å². The van der Waals surface area contributed by atoms with E-state index in [2.05, 4.69) is 16.8 Å². The first-order valence-corrected chi connectivity index (χ1v) is 7.01. The van der Waals surface area contributed by atoms with Crippen LogP contribution in [-0.2, 0) is 4.79 Å². The van der Waals surface area contributed by atoms with Gasteiger partial charge in [0.05, 0.1) is 18.7 Å². The zero-order valence-corrected chi connectivity index (χ0v) is 13.1. The predicted molar refractivity (Wildman–Crippen MR) is 87.5 cm³/mol. The van der Waals surface area contributed by atoms with Gasteiger partial charge in [-0.15, -0.1) is 6.58 Å². The number of nitrogens with two attached hydrogens (primary N) is 1. The summed E-state index contributed by atoms with van der Waals surface area (Å²) in [6.45, 7) is 7.04. The molecule has 116 valence electrons. The third-order valence-electron chi connectivity index (χ3n) is 3.26. The number of benzene rings is 1. The summed E-state index contributed by atoms with van der Waals surface area (Å²) >= 11 is 0. The molecule has 2 rings (SSSR count). The highest BCUT2D eigenvalue weighted by atomic mass is 16.5. The molecular formula is C16H25N3O2. The van der Waals surface area contributed by atoms with Gasteiger partial charge in [0.25, 0.3) is 0 Å². The molecule has 1 aliphatic heterocycles. The minimum atomic E-state index is 0.0613. The summed E-state index contributed by atoms with van der Waals surface area (Å²) < 4.78 is 5.13. The molecular weight excluding hydrogens is 266 g/mol. The standard InChI is InChI=1S/C13H19N3O2.C3H6/c1-16-6-5-9(8-16)13(17)15-10-3-4-11(14)12(7-10)18-2;1-3-2/h3-4,7,9H,5-6,8,14H2,1-2H3,(H,15,17);3H,1H2,2H3. The minimum absolute atomic E-state index is 0.0613. The average molecular weight is 291 g/mol. The van der Waals surface area contributed by atoms with Crippen LogP contribution in [0.3, 0.4) is 0 Å². The molecule has 1 fully saturated rings. The molecule has 1 heterocycles. The van der Waals surface area contributed by atoms with Crippen molar-refractivity contribution in [1.82, 2.24) is 4.90 Å². The van der Waals surface area contributed by atoms with E-state index in [-0.39, 0.29) is 11.8 Å². The Morgan fingerprint density at radius 3 is 2.76 bits per heavy atom. The molecule has 1 atom stereocenters. The largest absolute Gasteiger partial charge is 0.495 e. The Morgan fingerprint density at radius 2 is 2.24 bits per heavy atom. The number of anilines is 2. The van der Waals surface area contributed by atoms with Crippen LogP contribution in [0.1, 0.15) is 13.3 Å². The highest BCUT2D eigenvalue weighted by Gasteiger charge is 2.26. The molecule has 5 nitrogen and oxygen atoms in total. The van der Waals surface area contributed by atoms with E-state index in [9.17, 15) is 4.79 Å². The van der Waals surface area contributed by atoms with Crippen molar-refractivity contribution in [3.05, 3.63) is 30.9 Å². The average Bonchev–Trinajstić information content (AvgIpc) is 2.88. The van der Waals surface area contributed by atoms with Crippen LogP contribution < -0.4 is 15.8 Å². The van der Waals surface area contributed by atoms with Gasteiger partial charge in [0.2, 0.25) is 5.91 Å². The Kier molecular flexibility index (Phi) is 6.75. The van der Waals surface area contributed by atoms with E-state index in [0.717, 1.165) is 25.2 Å². The van der Waals surface area contributed by atoms with E-state index in [1.54, 1.807) is 31.4 Å². The van der Waals surface area contributed by atoms with E-state index in [0.29, 0.717) is 11.4 Å². The summed E-state index contributed by atoms with van der Waals surface area (Å²) in [7, 11) is 3.59. The van der Waals surface area contributed by atoms with E-state index in [4.69, 9.17) is 10.5 Å². The molecule has 1 aromatic rings. The molecule has 3 N–H and O–H groups in total. The number of nitrogens with one attached hydrogen (secondary N) is 1. The highest BCUT2D eigenvalue weighted by Crippen LogP contribution is 2.26. The number of hydrogen-bond donors (Lipinski definition) is 2. The lowest BCUT2D eigenvalue weighted by Gasteiger charge is -2.12. The predicted octanol–water partition coefficient (Wildman–Crippen LogP) is 2.36. The van der Waals surface area contributed by atoms with Gasteiger partial charge in [-0.1, -0.05) is 6.08 Å². The number of nitrogen functional groups attached to an aromatic ring is 1. The normalized spacial score (nSPS) is 17.6. The summed E-state index contributed by atoms with van der Waals surface area (Å²) in [5.41, 5.74) is 7.02. The number of carbonyl (C=O) groups excluding carboxylic acids is 1. The van der Waals surface area contributed by atoms with Gasteiger partial charge in [-0.2, -0.15) is 0 Å². The molecule has 0 aliphatic carbocycles. The fourth-order valence-corrected chi connectivity index (χ4v) is 2.18. The highest BCUT2D eigenvalue weighted by molar-refractivity contribution is 5.93. The number of hydrogen-bond acceptors (Lipinski definition) is 4. The Bertz CT molecular complexity index is 488. The number of methoxy groups -OCH3 is 1. The van der Waals surface area contributed by atoms with E-state index < -0.39 is 0 Å². The number of carbonyl (C=O) groups is 1. The van der Waals surface area contributed by atoms with Crippen molar-refractivity contribution >= 4 is 17.3 Å². The van der Waals surface area contributed by atoms with E-state index in [1.165, 1.54) is 0 Å². The zero-order valence-electron chi connectivity index (χ0n) is 13.1. The third-order valence-corrected chi connectivity index (χ3v) is 3.26. The van der Waals surface area contributed by atoms with Crippen LogP contribution in [0.25, 0.3) is 0 Å². The minimum Gasteiger partial charge on any atom is -0.495 e. The van der Waals surface area contributed by atoms with Crippen molar-refractivity contribution in [1.29, 1.82) is 0 Å². The van der Waals surface area contributed by atoms with Gasteiger partial charge in [0.1, 0.15) is 5.75 Å². The van der Waals surface area contributed by atoms with Crippen molar-refractivity contribution in [2.75, 3.05) is 38.3 Å². The summed E-state index contributed by atoms with van der Waals surface area (Å²) in [4.78, 5) is 14.2. The second-order valence-corrected chi connectivity index (χ2v) is 5.10. The van der Waals surface area contributed by atoms with Crippen LogP contribution in [-0.4, -0.2) is 38.1 Å². The fourth-order valence-electron chi connectivity index (χ4n) is 2.18. The molecule has 1 amide bonds. The van der Waals surface area contributed by atoms with Crippen molar-refractivity contribution in [2.24, 2.45) is 5.92 Å². The number of allylic oxidation sites excluding steroid dienone is 1. The molecule has 1 aliphatic rings. The van der Waals surface area contributed by atoms with Crippen molar-refractivity contribution < 1.29 is 9.53 Å². The smallest absolute Gasteiger partial charge is 0.228 e.